The summed E-state index contributed by atoms with van der Waals surface area (Å²) in [5, 5.41) is 102. The first-order valence-electron chi connectivity index (χ1n) is 47.9. The Bertz CT molecular complexity index is 2500. The molecule has 2 saturated heterocycles. The van der Waals surface area contributed by atoms with Crippen molar-refractivity contribution in [3.05, 3.63) is 12.2 Å². The quantitative estimate of drug-likeness (QED) is 0.00889. The zero-order valence-corrected chi connectivity index (χ0v) is 74.9. The van der Waals surface area contributed by atoms with E-state index in [2.05, 4.69) is 39.8 Å². The lowest BCUT2D eigenvalue weighted by atomic mass is 9.84. The van der Waals surface area contributed by atoms with Crippen molar-refractivity contribution in [2.45, 2.75) is 524 Å². The van der Waals surface area contributed by atoms with Gasteiger partial charge in [-0.25, -0.2) is 4.57 Å². The van der Waals surface area contributed by atoms with Gasteiger partial charge in [0.05, 0.1) is 13.2 Å². The van der Waals surface area contributed by atoms with E-state index >= 15 is 0 Å². The highest BCUT2D eigenvalue weighted by Crippen LogP contribution is 2.49. The molecule has 2 heterocycles. The molecule has 18 unspecified atom stereocenters. The van der Waals surface area contributed by atoms with Gasteiger partial charge in [-0.3, -0.25) is 28.2 Å². The SMILES string of the molecule is CCCCCC/C=C\CCCCCCCCCC(=O)OC(COC(=O)CCCCCCCCCCCCCCC)COP(=O)(O)OC1C(OC2OC(CO)C(O)C(O)C2O)C(O)C(O)C(OC(=O)CCCCCCCCCCCCCCCCCC)C1OC1OC(COC(=O)CCCCCCCCCCCCCCCCC)C(O)C(O)C1O. The van der Waals surface area contributed by atoms with Gasteiger partial charge in [0.25, 0.3) is 0 Å². The molecule has 0 aromatic heterocycles. The largest absolute Gasteiger partial charge is 0.472 e. The highest BCUT2D eigenvalue weighted by molar-refractivity contribution is 7.47. The third kappa shape index (κ3) is 51.0. The molecule has 26 heteroatoms. The van der Waals surface area contributed by atoms with Crippen LogP contribution in [0.2, 0.25) is 0 Å². The molecule has 18 atom stereocenters. The lowest BCUT2D eigenvalue weighted by Gasteiger charge is -2.50. The fourth-order valence-corrected chi connectivity index (χ4v) is 16.9. The van der Waals surface area contributed by atoms with Gasteiger partial charge in [-0.1, -0.05) is 354 Å². The third-order valence-electron chi connectivity index (χ3n) is 23.5. The predicted molar refractivity (Wildman–Crippen MR) is 458 cm³/mol. The summed E-state index contributed by atoms with van der Waals surface area (Å²) in [4.78, 5) is 66.5. The van der Waals surface area contributed by atoms with Crippen LogP contribution in [0.4, 0.5) is 0 Å². The molecule has 2 aliphatic heterocycles. The molecule has 3 fully saturated rings. The maximum atomic E-state index is 14.9. The minimum Gasteiger partial charge on any atom is -0.463 e. The van der Waals surface area contributed by atoms with Crippen molar-refractivity contribution in [2.24, 2.45) is 0 Å². The summed E-state index contributed by atoms with van der Waals surface area (Å²) < 4.78 is 73.5. The van der Waals surface area contributed by atoms with Crippen molar-refractivity contribution in [3.63, 3.8) is 0 Å². The maximum Gasteiger partial charge on any atom is 0.472 e. The van der Waals surface area contributed by atoms with E-state index in [4.69, 9.17) is 46.9 Å². The van der Waals surface area contributed by atoms with Gasteiger partial charge in [-0.2, -0.15) is 0 Å². The molecule has 0 bridgehead atoms. The number of esters is 4. The van der Waals surface area contributed by atoms with Gasteiger partial charge in [0.15, 0.2) is 24.8 Å². The standard InChI is InChI=1S/C92H171O25P/c1-5-9-13-17-21-25-29-33-36-39-43-47-51-55-59-63-67-78(97)114-87-83(102)84(103)88(115-91-85(104)81(100)79(98)73(68-93)112-91)90(89(87)116-92-86(105)82(101)80(99)74(113-92)71-109-76(95)65-61-57-53-49-45-41-37-34-30-26-22-18-14-10-6-2)117-118(106,107)110-70-72(69-108-75(94)64-60-56-52-48-44-40-32-28-24-20-16-12-8-4)111-77(96)66-62-58-54-50-46-42-38-35-31-27-23-19-15-11-7-3/h27,31,72-74,79-93,98-105H,5-26,28-30,32-71H2,1-4H3,(H,106,107)/b31-27-. The Hall–Kier alpha value is -2.79. The molecule has 0 aromatic rings. The van der Waals surface area contributed by atoms with Crippen LogP contribution >= 0.6 is 7.82 Å². The van der Waals surface area contributed by atoms with Gasteiger partial charge in [-0.05, 0) is 51.4 Å². The predicted octanol–water partition coefficient (Wildman–Crippen LogP) is 17.9. The first-order valence-corrected chi connectivity index (χ1v) is 49.4. The zero-order valence-electron chi connectivity index (χ0n) is 74.0. The molecule has 3 aliphatic rings. The van der Waals surface area contributed by atoms with E-state index in [9.17, 15) is 74.6 Å². The normalized spacial score (nSPS) is 24.9. The number of phosphoric ester groups is 1. The van der Waals surface area contributed by atoms with E-state index in [1.807, 2.05) is 0 Å². The number of hydrogen-bond acceptors (Lipinski definition) is 24. The van der Waals surface area contributed by atoms with Gasteiger partial charge in [0.1, 0.15) is 92.6 Å². The number of aliphatic hydroxyl groups is 9. The Morgan fingerprint density at radius 3 is 1.02 bits per heavy atom. The van der Waals surface area contributed by atoms with Crippen LogP contribution in [0.3, 0.4) is 0 Å². The summed E-state index contributed by atoms with van der Waals surface area (Å²) in [5.41, 5.74) is 0. The van der Waals surface area contributed by atoms with Crippen LogP contribution in [0.25, 0.3) is 0 Å². The molecule has 3 rings (SSSR count). The first-order chi connectivity index (χ1) is 57.2. The van der Waals surface area contributed by atoms with E-state index in [0.29, 0.717) is 38.5 Å². The molecule has 0 amide bonds. The highest BCUT2D eigenvalue weighted by atomic mass is 31.2. The van der Waals surface area contributed by atoms with Gasteiger partial charge in [0.2, 0.25) is 0 Å². The van der Waals surface area contributed by atoms with Gasteiger partial charge >= 0.3 is 31.7 Å². The molecule has 1 aliphatic carbocycles. The molecule has 0 aromatic carbocycles. The number of carbonyl (C=O) groups is 4. The third-order valence-corrected chi connectivity index (χ3v) is 24.5. The highest BCUT2D eigenvalue weighted by Gasteiger charge is 2.60. The van der Waals surface area contributed by atoms with E-state index in [0.717, 1.165) is 141 Å². The van der Waals surface area contributed by atoms with Crippen LogP contribution in [0, 0.1) is 0 Å². The van der Waals surface area contributed by atoms with Crippen LogP contribution in [-0.4, -0.2) is 205 Å². The summed E-state index contributed by atoms with van der Waals surface area (Å²) in [6.45, 7) is 5.62. The summed E-state index contributed by atoms with van der Waals surface area (Å²) in [6.07, 6.45) is 30.4. The van der Waals surface area contributed by atoms with Crippen LogP contribution in [0.5, 0.6) is 0 Å². The van der Waals surface area contributed by atoms with Crippen LogP contribution < -0.4 is 0 Å². The molecular formula is C92H171O25P. The molecule has 118 heavy (non-hydrogen) atoms. The van der Waals surface area contributed by atoms with Crippen LogP contribution in [-0.2, 0) is 70.7 Å². The molecule has 0 radical (unpaired) electrons. The van der Waals surface area contributed by atoms with Crippen molar-refractivity contribution in [1.29, 1.82) is 0 Å². The zero-order chi connectivity index (χ0) is 86.1. The Kier molecular flexibility index (Phi) is 66.2. The van der Waals surface area contributed by atoms with Gasteiger partial charge in [-0.15, -0.1) is 0 Å². The molecule has 25 nitrogen and oxygen atoms in total. The van der Waals surface area contributed by atoms with Gasteiger partial charge in [0, 0.05) is 25.7 Å². The number of phosphoric acid groups is 1. The number of hydrogen-bond donors (Lipinski definition) is 10. The Balaban J connectivity index is 1.91. The first kappa shape index (κ1) is 109. The van der Waals surface area contributed by atoms with Crippen LogP contribution in [0.15, 0.2) is 12.2 Å². The molecular weight excluding hydrogens is 1540 g/mol. The second-order valence-corrected chi connectivity index (χ2v) is 35.6. The van der Waals surface area contributed by atoms with Crippen molar-refractivity contribution < 1.29 is 122 Å². The molecule has 694 valence electrons. The second kappa shape index (κ2) is 71.4. The number of rotatable bonds is 78. The Labute approximate surface area is 712 Å². The van der Waals surface area contributed by atoms with Crippen molar-refractivity contribution in [1.82, 2.24) is 0 Å². The number of carbonyl (C=O) groups excluding carboxylic acids is 4. The number of ether oxygens (including phenoxy) is 8. The van der Waals surface area contributed by atoms with Crippen molar-refractivity contribution in [2.75, 3.05) is 26.4 Å². The lowest BCUT2D eigenvalue weighted by molar-refractivity contribution is -0.360. The topological polar surface area (TPSA) is 380 Å². The molecule has 0 spiro atoms. The van der Waals surface area contributed by atoms with Gasteiger partial charge < -0.3 is 88.7 Å². The fourth-order valence-electron chi connectivity index (χ4n) is 15.9. The average molecular weight is 1710 g/mol. The Morgan fingerprint density at radius 2 is 0.636 bits per heavy atom. The smallest absolute Gasteiger partial charge is 0.463 e. The number of aliphatic hydroxyl groups excluding tert-OH is 9. The van der Waals surface area contributed by atoms with E-state index < -0.39 is 162 Å². The minimum absolute atomic E-state index is 0.0190. The fraction of sp³-hybridized carbons (Fsp3) is 0.935. The minimum atomic E-state index is -5.81. The monoisotopic (exact) mass is 1710 g/mol. The molecule has 1 saturated carbocycles. The number of allylic oxidation sites excluding steroid dienone is 2. The number of unbranched alkanes of at least 4 members (excludes halogenated alkanes) is 52. The van der Waals surface area contributed by atoms with Crippen molar-refractivity contribution in [3.8, 4) is 0 Å². The van der Waals surface area contributed by atoms with E-state index in [1.54, 1.807) is 0 Å². The average Bonchev–Trinajstić information content (AvgIpc) is 0.755. The maximum absolute atomic E-state index is 14.9. The molecule has 10 N–H and O–H groups in total. The van der Waals surface area contributed by atoms with Crippen LogP contribution in [0.1, 0.15) is 419 Å². The summed E-state index contributed by atoms with van der Waals surface area (Å²) in [5.74, 6) is -2.95. The Morgan fingerprint density at radius 1 is 0.331 bits per heavy atom. The van der Waals surface area contributed by atoms with Crippen molar-refractivity contribution >= 4 is 31.7 Å². The van der Waals surface area contributed by atoms with E-state index in [1.165, 1.54) is 186 Å². The summed E-state index contributed by atoms with van der Waals surface area (Å²) in [7, 11) is -5.81. The second-order valence-electron chi connectivity index (χ2n) is 34.2. The summed E-state index contributed by atoms with van der Waals surface area (Å²) in [6, 6.07) is 0. The summed E-state index contributed by atoms with van der Waals surface area (Å²) >= 11 is 0. The lowest BCUT2D eigenvalue weighted by Crippen LogP contribution is -2.70. The van der Waals surface area contributed by atoms with E-state index in [-0.39, 0.29) is 25.7 Å².